The Morgan fingerprint density at radius 2 is 1.58 bits per heavy atom. The molecular weight excluding hydrogens is 343 g/mol. The van der Waals surface area contributed by atoms with Crippen LogP contribution >= 0.6 is 23.2 Å². The van der Waals surface area contributed by atoms with Crippen LogP contribution in [0.3, 0.4) is 0 Å². The maximum atomic E-state index is 12.5. The molecule has 2 aromatic rings. The zero-order valence-corrected chi connectivity index (χ0v) is 14.9. The Kier molecular flexibility index (Phi) is 5.77. The summed E-state index contributed by atoms with van der Waals surface area (Å²) in [5, 5.41) is 1.01. The fourth-order valence-electron chi connectivity index (χ4n) is 2.93. The lowest BCUT2D eigenvalue weighted by atomic mass is 10.1. The van der Waals surface area contributed by atoms with Crippen LogP contribution in [0, 0.1) is 0 Å². The van der Waals surface area contributed by atoms with Crippen molar-refractivity contribution in [2.75, 3.05) is 26.2 Å². The number of nitrogens with zero attached hydrogens (tertiary/aromatic N) is 2. The fraction of sp³-hybridized carbons (Fsp3) is 0.316. The van der Waals surface area contributed by atoms with Gasteiger partial charge in [0.1, 0.15) is 0 Å². The minimum absolute atomic E-state index is 0.146. The number of carbonyl (C=O) groups excluding carboxylic acids is 1. The molecule has 0 unspecified atom stereocenters. The zero-order chi connectivity index (χ0) is 16.9. The quantitative estimate of drug-likeness (QED) is 0.823. The van der Waals surface area contributed by atoms with Gasteiger partial charge in [0.2, 0.25) is 5.91 Å². The highest BCUT2D eigenvalue weighted by Gasteiger charge is 2.21. The molecule has 1 amide bonds. The van der Waals surface area contributed by atoms with Crippen molar-refractivity contribution in [2.24, 2.45) is 0 Å². The second-order valence-corrected chi connectivity index (χ2v) is 6.88. The molecule has 0 N–H and O–H groups in total. The number of halogens is 2. The molecule has 1 saturated heterocycles. The second-order valence-electron chi connectivity index (χ2n) is 6.07. The topological polar surface area (TPSA) is 23.6 Å². The highest BCUT2D eigenvalue weighted by atomic mass is 35.5. The van der Waals surface area contributed by atoms with Crippen LogP contribution in [-0.4, -0.2) is 41.9 Å². The molecule has 0 saturated carbocycles. The van der Waals surface area contributed by atoms with Crippen LogP contribution in [0.4, 0.5) is 0 Å². The summed E-state index contributed by atoms with van der Waals surface area (Å²) < 4.78 is 0. The molecule has 1 aliphatic heterocycles. The van der Waals surface area contributed by atoms with Crippen molar-refractivity contribution < 1.29 is 4.79 Å². The van der Waals surface area contributed by atoms with E-state index in [4.69, 9.17) is 23.2 Å². The summed E-state index contributed by atoms with van der Waals surface area (Å²) in [5.41, 5.74) is 2.22. The van der Waals surface area contributed by atoms with Crippen LogP contribution in [0.1, 0.15) is 11.1 Å². The van der Waals surface area contributed by atoms with Gasteiger partial charge < -0.3 is 4.90 Å². The molecule has 3 rings (SSSR count). The predicted octanol–water partition coefficient (Wildman–Crippen LogP) is 3.88. The van der Waals surface area contributed by atoms with E-state index in [1.54, 1.807) is 12.1 Å². The summed E-state index contributed by atoms with van der Waals surface area (Å²) in [4.78, 5) is 16.8. The molecule has 2 aromatic carbocycles. The van der Waals surface area contributed by atoms with Crippen LogP contribution in [0.2, 0.25) is 10.0 Å². The molecule has 0 aliphatic carbocycles. The first-order chi connectivity index (χ1) is 11.6. The van der Waals surface area contributed by atoms with E-state index in [0.29, 0.717) is 16.5 Å². The molecule has 3 nitrogen and oxygen atoms in total. The highest BCUT2D eigenvalue weighted by molar-refractivity contribution is 6.42. The van der Waals surface area contributed by atoms with Gasteiger partial charge in [0, 0.05) is 32.7 Å². The Labute approximate surface area is 152 Å². The predicted molar refractivity (Wildman–Crippen MR) is 98.5 cm³/mol. The van der Waals surface area contributed by atoms with Gasteiger partial charge in [0.05, 0.1) is 16.5 Å². The molecule has 0 atom stereocenters. The third-order valence-corrected chi connectivity index (χ3v) is 5.05. The average molecular weight is 363 g/mol. The third-order valence-electron chi connectivity index (χ3n) is 4.31. The van der Waals surface area contributed by atoms with Crippen molar-refractivity contribution in [3.05, 3.63) is 69.7 Å². The monoisotopic (exact) mass is 362 g/mol. The third kappa shape index (κ3) is 4.50. The van der Waals surface area contributed by atoms with Crippen molar-refractivity contribution in [2.45, 2.75) is 13.0 Å². The number of piperazine rings is 1. The molecule has 0 aromatic heterocycles. The van der Waals surface area contributed by atoms with Crippen LogP contribution in [-0.2, 0) is 17.8 Å². The Morgan fingerprint density at radius 3 is 2.25 bits per heavy atom. The van der Waals surface area contributed by atoms with Gasteiger partial charge >= 0.3 is 0 Å². The van der Waals surface area contributed by atoms with Crippen LogP contribution in [0.5, 0.6) is 0 Å². The molecule has 24 heavy (non-hydrogen) atoms. The minimum Gasteiger partial charge on any atom is -0.340 e. The molecule has 0 spiro atoms. The summed E-state index contributed by atoms with van der Waals surface area (Å²) in [6.07, 6.45) is 0.371. The number of rotatable bonds is 4. The highest BCUT2D eigenvalue weighted by Crippen LogP contribution is 2.23. The van der Waals surface area contributed by atoms with Crippen molar-refractivity contribution in [3.8, 4) is 0 Å². The van der Waals surface area contributed by atoms with E-state index in [9.17, 15) is 4.79 Å². The van der Waals surface area contributed by atoms with Crippen LogP contribution in [0.15, 0.2) is 48.5 Å². The number of hydrogen-bond donors (Lipinski definition) is 0. The van der Waals surface area contributed by atoms with Gasteiger partial charge in [-0.25, -0.2) is 0 Å². The number of benzene rings is 2. The molecule has 0 radical (unpaired) electrons. The first-order valence-electron chi connectivity index (χ1n) is 8.10. The van der Waals surface area contributed by atoms with Gasteiger partial charge in [-0.05, 0) is 23.3 Å². The molecule has 1 heterocycles. The van der Waals surface area contributed by atoms with Gasteiger partial charge in [0.15, 0.2) is 0 Å². The summed E-state index contributed by atoms with van der Waals surface area (Å²) in [6, 6.07) is 15.8. The van der Waals surface area contributed by atoms with Crippen LogP contribution < -0.4 is 0 Å². The minimum atomic E-state index is 0.146. The van der Waals surface area contributed by atoms with Crippen molar-refractivity contribution in [1.29, 1.82) is 0 Å². The van der Waals surface area contributed by atoms with E-state index in [0.717, 1.165) is 38.3 Å². The number of carbonyl (C=O) groups is 1. The summed E-state index contributed by atoms with van der Waals surface area (Å²) in [7, 11) is 0. The SMILES string of the molecule is O=C(Cc1ccc(Cl)c(Cl)c1)N1CCN(Cc2ccccc2)CC1. The van der Waals surface area contributed by atoms with Gasteiger partial charge in [-0.1, -0.05) is 59.6 Å². The smallest absolute Gasteiger partial charge is 0.227 e. The Balaban J connectivity index is 1.50. The van der Waals surface area contributed by atoms with E-state index in [-0.39, 0.29) is 5.91 Å². The maximum absolute atomic E-state index is 12.5. The average Bonchev–Trinajstić information content (AvgIpc) is 2.60. The molecule has 5 heteroatoms. The van der Waals surface area contributed by atoms with Gasteiger partial charge in [-0.15, -0.1) is 0 Å². The lowest BCUT2D eigenvalue weighted by molar-refractivity contribution is -0.132. The van der Waals surface area contributed by atoms with E-state index >= 15 is 0 Å². The normalized spacial score (nSPS) is 15.5. The van der Waals surface area contributed by atoms with Crippen LogP contribution in [0.25, 0.3) is 0 Å². The largest absolute Gasteiger partial charge is 0.340 e. The van der Waals surface area contributed by atoms with Crippen molar-refractivity contribution in [1.82, 2.24) is 9.80 Å². The molecule has 1 aliphatic rings. The molecule has 0 bridgehead atoms. The van der Waals surface area contributed by atoms with E-state index < -0.39 is 0 Å². The first kappa shape index (κ1) is 17.3. The molecule has 126 valence electrons. The second kappa shape index (κ2) is 8.02. The van der Waals surface area contributed by atoms with Gasteiger partial charge in [0.25, 0.3) is 0 Å². The van der Waals surface area contributed by atoms with E-state index in [2.05, 4.69) is 29.2 Å². The Bertz CT molecular complexity index is 698. The lowest BCUT2D eigenvalue weighted by Gasteiger charge is -2.34. The van der Waals surface area contributed by atoms with Gasteiger partial charge in [-0.2, -0.15) is 0 Å². The zero-order valence-electron chi connectivity index (χ0n) is 13.4. The number of amides is 1. The fourth-order valence-corrected chi connectivity index (χ4v) is 3.25. The maximum Gasteiger partial charge on any atom is 0.227 e. The van der Waals surface area contributed by atoms with Crippen molar-refractivity contribution >= 4 is 29.1 Å². The number of hydrogen-bond acceptors (Lipinski definition) is 2. The first-order valence-corrected chi connectivity index (χ1v) is 8.85. The Morgan fingerprint density at radius 1 is 0.875 bits per heavy atom. The van der Waals surface area contributed by atoms with Gasteiger partial charge in [-0.3, -0.25) is 9.69 Å². The molecule has 1 fully saturated rings. The van der Waals surface area contributed by atoms with Crippen molar-refractivity contribution in [3.63, 3.8) is 0 Å². The van der Waals surface area contributed by atoms with E-state index in [1.165, 1.54) is 5.56 Å². The standard InChI is InChI=1S/C19H20Cl2N2O/c20-17-7-6-16(12-18(17)21)13-19(24)23-10-8-22(9-11-23)14-15-4-2-1-3-5-15/h1-7,12H,8-11,13-14H2. The summed E-state index contributed by atoms with van der Waals surface area (Å²) in [5.74, 6) is 0.146. The molecular formula is C19H20Cl2N2O. The summed E-state index contributed by atoms with van der Waals surface area (Å²) >= 11 is 11.9. The van der Waals surface area contributed by atoms with E-state index in [1.807, 2.05) is 17.0 Å². The Hall–Kier alpha value is -1.55. The lowest BCUT2D eigenvalue weighted by Crippen LogP contribution is -2.48. The summed E-state index contributed by atoms with van der Waals surface area (Å²) in [6.45, 7) is 4.29.